The number of hydrogen-bond donors (Lipinski definition) is 1. The summed E-state index contributed by atoms with van der Waals surface area (Å²) in [4.78, 5) is 8.78. The molecule has 25 heavy (non-hydrogen) atoms. The van der Waals surface area contributed by atoms with Crippen molar-refractivity contribution in [2.24, 2.45) is 0 Å². The Morgan fingerprint density at radius 3 is 2.32 bits per heavy atom. The summed E-state index contributed by atoms with van der Waals surface area (Å²) in [6, 6.07) is 20.9. The number of aromatic nitrogens is 2. The summed E-state index contributed by atoms with van der Waals surface area (Å²) in [6.07, 6.45) is 6.48. The van der Waals surface area contributed by atoms with Crippen LogP contribution in [0.15, 0.2) is 79.3 Å². The maximum absolute atomic E-state index is 4.69. The summed E-state index contributed by atoms with van der Waals surface area (Å²) in [5, 5.41) is 5.80. The first-order valence-electron chi connectivity index (χ1n) is 8.39. The molecule has 0 bridgehead atoms. The molecule has 3 nitrogen and oxygen atoms in total. The molecule has 0 fully saturated rings. The highest BCUT2D eigenvalue weighted by molar-refractivity contribution is 5.95. The molecule has 0 aliphatic carbocycles. The van der Waals surface area contributed by atoms with Crippen molar-refractivity contribution in [3.05, 3.63) is 95.9 Å². The first-order valence-corrected chi connectivity index (χ1v) is 8.39. The lowest BCUT2D eigenvalue weighted by molar-refractivity contribution is 1.15. The minimum Gasteiger partial charge on any atom is -0.340 e. The van der Waals surface area contributed by atoms with Gasteiger partial charge in [-0.1, -0.05) is 42.0 Å². The monoisotopic (exact) mass is 325 g/mol. The predicted octanol–water partition coefficient (Wildman–Crippen LogP) is 5.27. The van der Waals surface area contributed by atoms with Crippen molar-refractivity contribution in [1.29, 1.82) is 0 Å². The van der Waals surface area contributed by atoms with Crippen molar-refractivity contribution >= 4 is 22.3 Å². The summed E-state index contributed by atoms with van der Waals surface area (Å²) < 4.78 is 0. The van der Waals surface area contributed by atoms with E-state index in [4.69, 9.17) is 4.98 Å². The molecule has 0 aliphatic heterocycles. The van der Waals surface area contributed by atoms with Crippen LogP contribution in [0, 0.1) is 6.92 Å². The molecule has 4 aromatic rings. The van der Waals surface area contributed by atoms with Crippen LogP contribution in [-0.4, -0.2) is 9.97 Å². The summed E-state index contributed by atoms with van der Waals surface area (Å²) in [7, 11) is 0. The van der Waals surface area contributed by atoms with Gasteiger partial charge >= 0.3 is 0 Å². The Kier molecular flexibility index (Phi) is 4.13. The lowest BCUT2D eigenvalue weighted by Gasteiger charge is -2.12. The second kappa shape index (κ2) is 6.73. The van der Waals surface area contributed by atoms with Gasteiger partial charge < -0.3 is 5.32 Å². The lowest BCUT2D eigenvalue weighted by Crippen LogP contribution is -1.98. The van der Waals surface area contributed by atoms with Gasteiger partial charge in [0.2, 0.25) is 0 Å². The molecule has 0 unspecified atom stereocenters. The fourth-order valence-corrected chi connectivity index (χ4v) is 2.99. The van der Waals surface area contributed by atoms with Crippen LogP contribution in [0.25, 0.3) is 10.8 Å². The van der Waals surface area contributed by atoms with Crippen LogP contribution in [0.1, 0.15) is 16.7 Å². The number of pyridine rings is 2. The van der Waals surface area contributed by atoms with Gasteiger partial charge in [-0.15, -0.1) is 0 Å². The highest BCUT2D eigenvalue weighted by atomic mass is 15.0. The molecular weight excluding hydrogens is 306 g/mol. The van der Waals surface area contributed by atoms with Crippen LogP contribution in [0.3, 0.4) is 0 Å². The fraction of sp³-hybridized carbons (Fsp3) is 0.0909. The highest BCUT2D eigenvalue weighted by Crippen LogP contribution is 2.28. The van der Waals surface area contributed by atoms with Gasteiger partial charge in [0.05, 0.1) is 0 Å². The third-order valence-corrected chi connectivity index (χ3v) is 4.34. The van der Waals surface area contributed by atoms with Crippen molar-refractivity contribution in [2.75, 3.05) is 5.32 Å². The Balaban J connectivity index is 1.72. The van der Waals surface area contributed by atoms with E-state index in [1.807, 2.05) is 30.7 Å². The SMILES string of the molecule is Cc1ccc(Nc2ncc(Cc3ccncc3)c3ccccc23)cc1. The van der Waals surface area contributed by atoms with Gasteiger partial charge in [-0.3, -0.25) is 4.98 Å². The average Bonchev–Trinajstić information content (AvgIpc) is 2.66. The third-order valence-electron chi connectivity index (χ3n) is 4.34. The van der Waals surface area contributed by atoms with Gasteiger partial charge in [0.25, 0.3) is 0 Å². The zero-order valence-corrected chi connectivity index (χ0v) is 14.1. The van der Waals surface area contributed by atoms with Crippen LogP contribution < -0.4 is 5.32 Å². The lowest BCUT2D eigenvalue weighted by atomic mass is 10.0. The molecule has 2 heterocycles. The molecular formula is C22H19N3. The van der Waals surface area contributed by atoms with Gasteiger partial charge in [0, 0.05) is 29.7 Å². The molecule has 0 radical (unpaired) electrons. The largest absolute Gasteiger partial charge is 0.340 e. The smallest absolute Gasteiger partial charge is 0.138 e. The Hall–Kier alpha value is -3.20. The molecule has 0 spiro atoms. The van der Waals surface area contributed by atoms with Crippen LogP contribution in [0.4, 0.5) is 11.5 Å². The second-order valence-corrected chi connectivity index (χ2v) is 6.20. The maximum Gasteiger partial charge on any atom is 0.138 e. The first kappa shape index (κ1) is 15.3. The van der Waals surface area contributed by atoms with E-state index in [2.05, 4.69) is 65.8 Å². The molecule has 0 atom stereocenters. The number of aryl methyl sites for hydroxylation is 1. The summed E-state index contributed by atoms with van der Waals surface area (Å²) in [5.41, 5.74) is 4.75. The molecule has 1 N–H and O–H groups in total. The maximum atomic E-state index is 4.69. The van der Waals surface area contributed by atoms with Crippen LogP contribution in [0.5, 0.6) is 0 Å². The van der Waals surface area contributed by atoms with E-state index >= 15 is 0 Å². The van der Waals surface area contributed by atoms with E-state index in [0.717, 1.165) is 23.3 Å². The van der Waals surface area contributed by atoms with Crippen molar-refractivity contribution < 1.29 is 0 Å². The van der Waals surface area contributed by atoms with Gasteiger partial charge in [-0.2, -0.15) is 0 Å². The summed E-state index contributed by atoms with van der Waals surface area (Å²) >= 11 is 0. The summed E-state index contributed by atoms with van der Waals surface area (Å²) in [5.74, 6) is 0.887. The van der Waals surface area contributed by atoms with Crippen LogP contribution in [-0.2, 0) is 6.42 Å². The number of anilines is 2. The molecule has 2 aromatic heterocycles. The van der Waals surface area contributed by atoms with Crippen molar-refractivity contribution in [2.45, 2.75) is 13.3 Å². The zero-order chi connectivity index (χ0) is 17.1. The van der Waals surface area contributed by atoms with Gasteiger partial charge in [-0.05, 0) is 54.1 Å². The Morgan fingerprint density at radius 2 is 1.56 bits per heavy atom. The van der Waals surface area contributed by atoms with E-state index in [1.54, 1.807) is 0 Å². The normalized spacial score (nSPS) is 10.8. The predicted molar refractivity (Wildman–Crippen MR) is 103 cm³/mol. The minimum absolute atomic E-state index is 0.848. The van der Waals surface area contributed by atoms with Crippen LogP contribution >= 0.6 is 0 Å². The topological polar surface area (TPSA) is 37.8 Å². The number of rotatable bonds is 4. The number of fused-ring (bicyclic) bond motifs is 1. The van der Waals surface area contributed by atoms with E-state index in [1.165, 1.54) is 22.1 Å². The van der Waals surface area contributed by atoms with Gasteiger partial charge in [-0.25, -0.2) is 4.98 Å². The standard InChI is InChI=1S/C22H19N3/c1-16-6-8-19(9-7-16)25-22-21-5-3-2-4-20(21)18(15-24-22)14-17-10-12-23-13-11-17/h2-13,15H,14H2,1H3,(H,24,25). The van der Waals surface area contributed by atoms with E-state index < -0.39 is 0 Å². The second-order valence-electron chi connectivity index (χ2n) is 6.20. The Morgan fingerprint density at radius 1 is 0.840 bits per heavy atom. The van der Waals surface area contributed by atoms with Crippen molar-refractivity contribution in [1.82, 2.24) is 9.97 Å². The third kappa shape index (κ3) is 3.36. The van der Waals surface area contributed by atoms with Crippen LogP contribution in [0.2, 0.25) is 0 Å². The first-order chi connectivity index (χ1) is 12.3. The molecule has 2 aromatic carbocycles. The van der Waals surface area contributed by atoms with E-state index in [0.29, 0.717) is 0 Å². The van der Waals surface area contributed by atoms with Gasteiger partial charge in [0.15, 0.2) is 0 Å². The van der Waals surface area contributed by atoms with E-state index in [-0.39, 0.29) is 0 Å². The van der Waals surface area contributed by atoms with Crippen molar-refractivity contribution in [3.63, 3.8) is 0 Å². The molecule has 4 rings (SSSR count). The Labute approximate surface area is 147 Å². The summed E-state index contributed by atoms with van der Waals surface area (Å²) in [6.45, 7) is 2.09. The molecule has 0 amide bonds. The minimum atomic E-state index is 0.848. The zero-order valence-electron chi connectivity index (χ0n) is 14.1. The molecule has 3 heteroatoms. The molecule has 0 aliphatic rings. The Bertz CT molecular complexity index is 993. The molecule has 0 saturated carbocycles. The highest BCUT2D eigenvalue weighted by Gasteiger charge is 2.08. The number of hydrogen-bond acceptors (Lipinski definition) is 3. The van der Waals surface area contributed by atoms with E-state index in [9.17, 15) is 0 Å². The quantitative estimate of drug-likeness (QED) is 0.555. The number of nitrogens with one attached hydrogen (secondary N) is 1. The van der Waals surface area contributed by atoms with Crippen molar-refractivity contribution in [3.8, 4) is 0 Å². The number of benzene rings is 2. The average molecular weight is 325 g/mol. The molecule has 0 saturated heterocycles. The van der Waals surface area contributed by atoms with Gasteiger partial charge in [0.1, 0.15) is 5.82 Å². The molecule has 122 valence electrons. The fourth-order valence-electron chi connectivity index (χ4n) is 2.99. The number of nitrogens with zero attached hydrogens (tertiary/aromatic N) is 2.